The van der Waals surface area contributed by atoms with E-state index in [9.17, 15) is 0 Å². The van der Waals surface area contributed by atoms with Crippen LogP contribution in [0.1, 0.15) is 101 Å². The van der Waals surface area contributed by atoms with Gasteiger partial charge in [0.05, 0.1) is 28.1 Å². The zero-order valence-electron chi connectivity index (χ0n) is 34.4. The number of nitrogens with zero attached hydrogens (tertiary/aromatic N) is 3. The van der Waals surface area contributed by atoms with Crippen LogP contribution >= 0.6 is 0 Å². The molecule has 1 radical (unpaired) electrons. The van der Waals surface area contributed by atoms with Crippen LogP contribution in [0.15, 0.2) is 115 Å². The first-order valence-electron chi connectivity index (χ1n) is 20.2. The molecule has 3 heterocycles. The molecule has 57 heavy (non-hydrogen) atoms. The molecule has 4 nitrogen and oxygen atoms in total. The van der Waals surface area contributed by atoms with E-state index in [0.717, 1.165) is 33.7 Å². The van der Waals surface area contributed by atoms with Crippen molar-refractivity contribution < 1.29 is 24.8 Å². The van der Waals surface area contributed by atoms with Crippen LogP contribution in [-0.4, -0.2) is 14.5 Å². The average molecular weight is 926 g/mol. The van der Waals surface area contributed by atoms with Gasteiger partial charge in [-0.15, -0.1) is 59.7 Å². The molecule has 11 rings (SSSR count). The van der Waals surface area contributed by atoms with Crippen molar-refractivity contribution in [1.82, 2.24) is 14.5 Å². The molecule has 291 valence electrons. The van der Waals surface area contributed by atoms with Crippen molar-refractivity contribution in [3.05, 3.63) is 161 Å². The van der Waals surface area contributed by atoms with Crippen LogP contribution in [-0.2, 0) is 46.9 Å². The van der Waals surface area contributed by atoms with Crippen LogP contribution in [0, 0.1) is 26.0 Å². The van der Waals surface area contributed by atoms with E-state index in [-0.39, 0.29) is 36.7 Å². The monoisotopic (exact) mass is 926 g/mol. The van der Waals surface area contributed by atoms with Crippen LogP contribution in [0.2, 0.25) is 0 Å². The SMILES string of the molecule is CC1(C)OC(C)(C)c2cc(-c3cc(-c4ccccc4)ccn3)[c-]cc21.Cc1cccc(C)c1-n1c(-c2[c-]cccc2)nc2cc3c(cc21)C1(C)CCC3(C)CC1.[Ir]. The van der Waals surface area contributed by atoms with Gasteiger partial charge in [0.1, 0.15) is 0 Å². The van der Waals surface area contributed by atoms with E-state index in [0.29, 0.717) is 5.41 Å². The zero-order valence-corrected chi connectivity index (χ0v) is 36.8. The Balaban J connectivity index is 0.000000161. The molecule has 2 bridgehead atoms. The minimum Gasteiger partial charge on any atom is -0.371 e. The van der Waals surface area contributed by atoms with Gasteiger partial charge in [-0.05, 0) is 135 Å². The molecule has 1 aliphatic heterocycles. The summed E-state index contributed by atoms with van der Waals surface area (Å²) in [6.07, 6.45) is 7.03. The molecule has 1 fully saturated rings. The van der Waals surface area contributed by atoms with Crippen molar-refractivity contribution in [1.29, 1.82) is 0 Å². The van der Waals surface area contributed by atoms with Crippen molar-refractivity contribution in [2.24, 2.45) is 0 Å². The van der Waals surface area contributed by atoms with Crippen molar-refractivity contribution in [2.75, 3.05) is 0 Å². The first-order valence-corrected chi connectivity index (χ1v) is 20.2. The van der Waals surface area contributed by atoms with Crippen LogP contribution in [0.5, 0.6) is 0 Å². The molecular formula is C52H51IrN3O-2. The number of rotatable bonds is 4. The number of aryl methyl sites for hydroxylation is 2. The van der Waals surface area contributed by atoms with Crippen LogP contribution in [0.25, 0.3) is 50.5 Å². The topological polar surface area (TPSA) is 39.9 Å². The third-order valence-corrected chi connectivity index (χ3v) is 13.1. The largest absolute Gasteiger partial charge is 0.371 e. The van der Waals surface area contributed by atoms with Gasteiger partial charge in [0.2, 0.25) is 0 Å². The van der Waals surface area contributed by atoms with Gasteiger partial charge < -0.3 is 14.3 Å². The summed E-state index contributed by atoms with van der Waals surface area (Å²) >= 11 is 0. The number of pyridine rings is 1. The molecule has 2 aromatic heterocycles. The second-order valence-corrected chi connectivity index (χ2v) is 17.9. The zero-order chi connectivity index (χ0) is 39.0. The Hall–Kier alpha value is -4.67. The Labute approximate surface area is 352 Å². The predicted octanol–water partition coefficient (Wildman–Crippen LogP) is 12.9. The van der Waals surface area contributed by atoms with Gasteiger partial charge in [0.25, 0.3) is 0 Å². The fourth-order valence-electron chi connectivity index (χ4n) is 9.88. The first kappa shape index (κ1) is 39.2. The average Bonchev–Trinajstić information content (AvgIpc) is 3.65. The fourth-order valence-corrected chi connectivity index (χ4v) is 9.88. The molecule has 0 unspecified atom stereocenters. The molecule has 7 aromatic rings. The van der Waals surface area contributed by atoms with Gasteiger partial charge in [0, 0.05) is 32.0 Å². The fraction of sp³-hybridized carbons (Fsp3) is 0.308. The van der Waals surface area contributed by atoms with Crippen molar-refractivity contribution in [2.45, 2.75) is 103 Å². The van der Waals surface area contributed by atoms with Gasteiger partial charge >= 0.3 is 0 Å². The molecule has 5 heteroatoms. The summed E-state index contributed by atoms with van der Waals surface area (Å²) < 4.78 is 8.64. The maximum Gasteiger partial charge on any atom is 0.0777 e. The molecule has 1 saturated carbocycles. The molecular weight excluding hydrogens is 875 g/mol. The normalized spacial score (nSPS) is 20.9. The molecule has 4 aliphatic rings. The molecule has 0 atom stereocenters. The maximum absolute atomic E-state index is 6.25. The minimum atomic E-state index is -0.306. The van der Waals surface area contributed by atoms with Crippen LogP contribution < -0.4 is 0 Å². The molecule has 0 spiro atoms. The second-order valence-electron chi connectivity index (χ2n) is 17.9. The number of hydrogen-bond acceptors (Lipinski definition) is 3. The van der Waals surface area contributed by atoms with E-state index in [4.69, 9.17) is 9.72 Å². The van der Waals surface area contributed by atoms with E-state index < -0.39 is 0 Å². The smallest absolute Gasteiger partial charge is 0.0777 e. The summed E-state index contributed by atoms with van der Waals surface area (Å²) in [5.41, 5.74) is 17.0. The summed E-state index contributed by atoms with van der Waals surface area (Å²) in [5.74, 6) is 0.984. The Kier molecular flexibility index (Phi) is 9.83. The predicted molar refractivity (Wildman–Crippen MR) is 229 cm³/mol. The number of para-hydroxylation sites is 1. The Morgan fingerprint density at radius 2 is 1.26 bits per heavy atom. The van der Waals surface area contributed by atoms with Crippen LogP contribution in [0.3, 0.4) is 0 Å². The summed E-state index contributed by atoms with van der Waals surface area (Å²) in [6.45, 7) is 17.8. The Morgan fingerprint density at radius 3 is 1.93 bits per heavy atom. The summed E-state index contributed by atoms with van der Waals surface area (Å²) in [7, 11) is 0. The van der Waals surface area contributed by atoms with Gasteiger partial charge in [-0.25, -0.2) is 0 Å². The van der Waals surface area contributed by atoms with Gasteiger partial charge in [-0.1, -0.05) is 79.6 Å². The molecule has 0 amide bonds. The Bertz CT molecular complexity index is 2590. The van der Waals surface area contributed by atoms with E-state index in [1.54, 1.807) is 5.56 Å². The number of fused-ring (bicyclic) bond motifs is 4. The number of aromatic nitrogens is 3. The number of ether oxygens (including phenoxy) is 1. The maximum atomic E-state index is 6.25. The molecule has 5 aromatic carbocycles. The number of imidazole rings is 1. The summed E-state index contributed by atoms with van der Waals surface area (Å²) in [4.78, 5) is 9.79. The number of benzene rings is 5. The van der Waals surface area contributed by atoms with E-state index in [2.05, 4.69) is 162 Å². The van der Waals surface area contributed by atoms with Crippen molar-refractivity contribution in [3.63, 3.8) is 0 Å². The Morgan fingerprint density at radius 1 is 0.614 bits per heavy atom. The molecule has 0 N–H and O–H groups in total. The second kappa shape index (κ2) is 14.3. The first-order chi connectivity index (χ1) is 26.8. The summed E-state index contributed by atoms with van der Waals surface area (Å²) in [6, 6.07) is 45.3. The quantitative estimate of drug-likeness (QED) is 0.165. The minimum absolute atomic E-state index is 0. The van der Waals surface area contributed by atoms with Gasteiger partial charge in [-0.2, -0.15) is 0 Å². The summed E-state index contributed by atoms with van der Waals surface area (Å²) in [5, 5.41) is 0. The third kappa shape index (κ3) is 6.72. The number of hydrogen-bond donors (Lipinski definition) is 0. The van der Waals surface area contributed by atoms with E-state index >= 15 is 0 Å². The van der Waals surface area contributed by atoms with Crippen molar-refractivity contribution >= 4 is 11.0 Å². The van der Waals surface area contributed by atoms with Crippen molar-refractivity contribution in [3.8, 4) is 39.5 Å². The third-order valence-electron chi connectivity index (χ3n) is 13.1. The van der Waals surface area contributed by atoms with Gasteiger partial charge in [0.15, 0.2) is 0 Å². The molecule has 0 saturated heterocycles. The van der Waals surface area contributed by atoms with Crippen LogP contribution in [0.4, 0.5) is 0 Å². The molecule has 3 aliphatic carbocycles. The van der Waals surface area contributed by atoms with Gasteiger partial charge in [-0.3, -0.25) is 4.98 Å². The van der Waals surface area contributed by atoms with E-state index in [1.807, 2.05) is 30.5 Å². The standard InChI is InChI=1S/C29H29N2.C23H22NO.Ir/c1-19-9-8-10-20(2)26(19)31-25-18-23-22(28(3)13-15-29(23,4)16-14-28)17-24(25)30-27(31)21-11-6-5-7-12-21;1-22(2)19-11-10-18(14-20(19)23(3,4)25-22)21-15-17(12-13-24-21)16-8-6-5-7-9-16;/h5-11,17-18H,13-16H2,1-4H3;5-9,11-15H,1-4H3;/q2*-1;. The van der Waals surface area contributed by atoms with E-state index in [1.165, 1.54) is 70.3 Å².